The van der Waals surface area contributed by atoms with Crippen LogP contribution in [-0.2, 0) is 26.2 Å². The van der Waals surface area contributed by atoms with Gasteiger partial charge in [0.25, 0.3) is 10.0 Å². The lowest BCUT2D eigenvalue weighted by molar-refractivity contribution is -0.140. The minimum Gasteiger partial charge on any atom is -0.497 e. The molecule has 1 aliphatic carbocycles. The smallest absolute Gasteiger partial charge is 0.264 e. The first-order valence-electron chi connectivity index (χ1n) is 14.3. The second-order valence-electron chi connectivity index (χ2n) is 10.4. The number of hydrogen-bond acceptors (Lipinski definition) is 6. The van der Waals surface area contributed by atoms with Crippen molar-refractivity contribution in [2.45, 2.75) is 62.6 Å². The fourth-order valence-electron chi connectivity index (χ4n) is 5.30. The Kier molecular flexibility index (Phi) is 10.6. The van der Waals surface area contributed by atoms with Crippen molar-refractivity contribution in [3.8, 4) is 11.5 Å². The summed E-state index contributed by atoms with van der Waals surface area (Å²) in [6.45, 7) is 1.18. The molecular weight excluding hydrogens is 573 g/mol. The van der Waals surface area contributed by atoms with E-state index in [9.17, 15) is 22.4 Å². The maximum atomic E-state index is 14.2. The number of benzene rings is 3. The molecule has 1 atom stereocenters. The lowest BCUT2D eigenvalue weighted by Crippen LogP contribution is -2.53. The molecule has 0 aliphatic heterocycles. The van der Waals surface area contributed by atoms with E-state index in [1.165, 1.54) is 55.5 Å². The van der Waals surface area contributed by atoms with Crippen LogP contribution in [0, 0.1) is 5.82 Å². The summed E-state index contributed by atoms with van der Waals surface area (Å²) >= 11 is 0. The largest absolute Gasteiger partial charge is 0.497 e. The second kappa shape index (κ2) is 14.4. The highest BCUT2D eigenvalue weighted by atomic mass is 32.2. The maximum Gasteiger partial charge on any atom is 0.264 e. The van der Waals surface area contributed by atoms with Crippen LogP contribution in [0.15, 0.2) is 77.7 Å². The average molecular weight is 612 g/mol. The highest BCUT2D eigenvalue weighted by Crippen LogP contribution is 2.33. The van der Waals surface area contributed by atoms with E-state index in [1.807, 2.05) is 0 Å². The van der Waals surface area contributed by atoms with E-state index in [2.05, 4.69) is 5.32 Å². The highest BCUT2D eigenvalue weighted by molar-refractivity contribution is 7.92. The number of anilines is 1. The van der Waals surface area contributed by atoms with Gasteiger partial charge >= 0.3 is 0 Å². The number of carbonyl (C=O) groups is 2. The van der Waals surface area contributed by atoms with Crippen LogP contribution in [0.5, 0.6) is 11.5 Å². The van der Waals surface area contributed by atoms with Gasteiger partial charge in [0.15, 0.2) is 0 Å². The van der Waals surface area contributed by atoms with E-state index in [4.69, 9.17) is 9.47 Å². The van der Waals surface area contributed by atoms with Crippen molar-refractivity contribution < 1.29 is 31.9 Å². The molecule has 4 rings (SSSR count). The SMILES string of the molecule is CC[C@@H](C(=O)NC1CCCC1)N(Cc1ccc(F)cc1)C(=O)CN(c1ccccc1OC)S(=O)(=O)c1ccc(OC)cc1. The molecular formula is C32H38FN3O6S. The van der Waals surface area contributed by atoms with E-state index in [1.54, 1.807) is 43.3 Å². The van der Waals surface area contributed by atoms with E-state index >= 15 is 0 Å². The standard InChI is InChI=1S/C32H38FN3O6S/c1-4-28(32(38)34-25-9-5-6-10-25)35(21-23-13-15-24(33)16-14-23)31(37)22-36(29-11-7-8-12-30(29)42-3)43(39,40)27-19-17-26(41-2)18-20-27/h7-8,11-20,25,28H,4-6,9-10,21-22H2,1-3H3,(H,34,38)/t28-/m0/s1. The molecule has 1 fully saturated rings. The van der Waals surface area contributed by atoms with E-state index in [-0.39, 0.29) is 34.8 Å². The Morgan fingerprint density at radius 3 is 2.21 bits per heavy atom. The van der Waals surface area contributed by atoms with Crippen LogP contribution in [0.2, 0.25) is 0 Å². The summed E-state index contributed by atoms with van der Waals surface area (Å²) in [4.78, 5) is 29.1. The quantitative estimate of drug-likeness (QED) is 0.295. The van der Waals surface area contributed by atoms with E-state index in [0.717, 1.165) is 30.0 Å². The van der Waals surface area contributed by atoms with Crippen molar-refractivity contribution in [1.82, 2.24) is 10.2 Å². The summed E-state index contributed by atoms with van der Waals surface area (Å²) in [5, 5.41) is 3.07. The molecule has 9 nitrogen and oxygen atoms in total. The van der Waals surface area contributed by atoms with Crippen LogP contribution in [0.1, 0.15) is 44.6 Å². The molecule has 0 heterocycles. The summed E-state index contributed by atoms with van der Waals surface area (Å²) in [6.07, 6.45) is 4.09. The molecule has 0 unspecified atom stereocenters. The first-order valence-corrected chi connectivity index (χ1v) is 15.8. The monoisotopic (exact) mass is 611 g/mol. The Bertz CT molecular complexity index is 1490. The molecule has 2 amide bonds. The van der Waals surface area contributed by atoms with Crippen LogP contribution in [-0.4, -0.2) is 58.0 Å². The van der Waals surface area contributed by atoms with Gasteiger partial charge in [-0.1, -0.05) is 44.0 Å². The molecule has 43 heavy (non-hydrogen) atoms. The number of hydrogen-bond donors (Lipinski definition) is 1. The molecule has 230 valence electrons. The van der Waals surface area contributed by atoms with Crippen molar-refractivity contribution in [2.24, 2.45) is 0 Å². The number of methoxy groups -OCH3 is 2. The van der Waals surface area contributed by atoms with Gasteiger partial charge in [-0.3, -0.25) is 13.9 Å². The van der Waals surface area contributed by atoms with Crippen molar-refractivity contribution >= 4 is 27.5 Å². The van der Waals surface area contributed by atoms with Gasteiger partial charge in [0, 0.05) is 12.6 Å². The van der Waals surface area contributed by atoms with Gasteiger partial charge in [0.1, 0.15) is 29.9 Å². The molecule has 1 aliphatic rings. The lowest BCUT2D eigenvalue weighted by atomic mass is 10.1. The third kappa shape index (κ3) is 7.64. The molecule has 1 saturated carbocycles. The summed E-state index contributed by atoms with van der Waals surface area (Å²) in [5.74, 6) is -0.597. The minimum atomic E-state index is -4.29. The van der Waals surface area contributed by atoms with Gasteiger partial charge in [0.2, 0.25) is 11.8 Å². The Labute approximate surface area is 252 Å². The summed E-state index contributed by atoms with van der Waals surface area (Å²) in [6, 6.07) is 17.2. The maximum absolute atomic E-state index is 14.2. The first-order chi connectivity index (χ1) is 20.7. The van der Waals surface area contributed by atoms with Crippen LogP contribution in [0.3, 0.4) is 0 Å². The normalized spacial score (nSPS) is 14.1. The van der Waals surface area contributed by atoms with Gasteiger partial charge in [0.05, 0.1) is 24.8 Å². The Hall–Kier alpha value is -4.12. The third-order valence-electron chi connectivity index (χ3n) is 7.63. The molecule has 0 radical (unpaired) electrons. The Morgan fingerprint density at radius 2 is 1.60 bits per heavy atom. The number of halogens is 1. The Balaban J connectivity index is 1.74. The van der Waals surface area contributed by atoms with Gasteiger partial charge < -0.3 is 19.7 Å². The molecule has 0 spiro atoms. The topological polar surface area (TPSA) is 105 Å². The number of nitrogens with zero attached hydrogens (tertiary/aromatic N) is 2. The summed E-state index contributed by atoms with van der Waals surface area (Å²) < 4.78 is 53.5. The number of carbonyl (C=O) groups excluding carboxylic acids is 2. The van der Waals surface area contributed by atoms with Crippen molar-refractivity contribution in [2.75, 3.05) is 25.1 Å². The number of amides is 2. The van der Waals surface area contributed by atoms with E-state index in [0.29, 0.717) is 17.7 Å². The minimum absolute atomic E-state index is 0.0158. The lowest BCUT2D eigenvalue weighted by Gasteiger charge is -2.34. The van der Waals surface area contributed by atoms with Crippen LogP contribution in [0.25, 0.3) is 0 Å². The fourth-order valence-corrected chi connectivity index (χ4v) is 6.72. The molecule has 3 aromatic carbocycles. The number of nitrogens with one attached hydrogen (secondary N) is 1. The first kappa shape index (κ1) is 31.8. The van der Waals surface area contributed by atoms with Gasteiger partial charge in [-0.05, 0) is 73.4 Å². The molecule has 3 aromatic rings. The molecule has 11 heteroatoms. The zero-order chi connectivity index (χ0) is 31.0. The van der Waals surface area contributed by atoms with Crippen molar-refractivity contribution in [3.63, 3.8) is 0 Å². The number of ether oxygens (including phenoxy) is 2. The number of rotatable bonds is 13. The van der Waals surface area contributed by atoms with Crippen LogP contribution in [0.4, 0.5) is 10.1 Å². The number of para-hydroxylation sites is 2. The molecule has 0 bridgehead atoms. The predicted octanol–water partition coefficient (Wildman–Crippen LogP) is 4.90. The molecule has 1 N–H and O–H groups in total. The van der Waals surface area contributed by atoms with Crippen LogP contribution >= 0.6 is 0 Å². The summed E-state index contributed by atoms with van der Waals surface area (Å²) in [7, 11) is -1.39. The molecule has 0 aromatic heterocycles. The van der Waals surface area contributed by atoms with Crippen molar-refractivity contribution in [1.29, 1.82) is 0 Å². The van der Waals surface area contributed by atoms with Crippen molar-refractivity contribution in [3.05, 3.63) is 84.2 Å². The third-order valence-corrected chi connectivity index (χ3v) is 9.41. The number of sulfonamides is 1. The summed E-state index contributed by atoms with van der Waals surface area (Å²) in [5.41, 5.74) is 0.767. The zero-order valence-corrected chi connectivity index (χ0v) is 25.5. The highest BCUT2D eigenvalue weighted by Gasteiger charge is 2.35. The van der Waals surface area contributed by atoms with E-state index < -0.39 is 34.3 Å². The average Bonchev–Trinajstić information content (AvgIpc) is 3.53. The zero-order valence-electron chi connectivity index (χ0n) is 24.7. The van der Waals surface area contributed by atoms with Gasteiger partial charge in [-0.2, -0.15) is 0 Å². The second-order valence-corrected chi connectivity index (χ2v) is 12.3. The predicted molar refractivity (Wildman–Crippen MR) is 162 cm³/mol. The van der Waals surface area contributed by atoms with Gasteiger partial charge in [-0.15, -0.1) is 0 Å². The van der Waals surface area contributed by atoms with Crippen LogP contribution < -0.4 is 19.1 Å². The molecule has 0 saturated heterocycles. The fraction of sp³-hybridized carbons (Fsp3) is 0.375. The Morgan fingerprint density at radius 1 is 0.953 bits per heavy atom. The van der Waals surface area contributed by atoms with Gasteiger partial charge in [-0.25, -0.2) is 12.8 Å².